The zero-order valence-corrected chi connectivity index (χ0v) is 15.9. The molecule has 0 aliphatic rings. The highest BCUT2D eigenvalue weighted by Gasteiger charge is 2.13. The van der Waals surface area contributed by atoms with E-state index >= 15 is 0 Å². The average Bonchev–Trinajstić information content (AvgIpc) is 3.07. The molecule has 4 aromatic rings. The molecule has 0 aliphatic heterocycles. The third-order valence-corrected chi connectivity index (χ3v) is 5.29. The van der Waals surface area contributed by atoms with E-state index in [1.807, 2.05) is 37.3 Å². The van der Waals surface area contributed by atoms with Gasteiger partial charge in [0.1, 0.15) is 22.2 Å². The van der Waals surface area contributed by atoms with Crippen molar-refractivity contribution in [2.24, 2.45) is 0 Å². The molecule has 0 fully saturated rings. The Balaban J connectivity index is 1.83. The van der Waals surface area contributed by atoms with Gasteiger partial charge in [0.2, 0.25) is 0 Å². The lowest BCUT2D eigenvalue weighted by Crippen LogP contribution is -1.99. The first-order valence-electron chi connectivity index (χ1n) is 8.08. The lowest BCUT2D eigenvalue weighted by atomic mass is 10.2. The van der Waals surface area contributed by atoms with Gasteiger partial charge in [0.05, 0.1) is 18.2 Å². The zero-order chi connectivity index (χ0) is 18.1. The van der Waals surface area contributed by atoms with Gasteiger partial charge >= 0.3 is 0 Å². The molecule has 0 unspecified atom stereocenters. The largest absolute Gasteiger partial charge is 0.495 e. The second-order valence-electron chi connectivity index (χ2n) is 5.78. The second kappa shape index (κ2) is 6.94. The normalized spacial score (nSPS) is 10.9. The van der Waals surface area contributed by atoms with Crippen LogP contribution in [0.4, 0.5) is 11.5 Å². The van der Waals surface area contributed by atoms with E-state index < -0.39 is 0 Å². The number of rotatable bonds is 4. The van der Waals surface area contributed by atoms with Gasteiger partial charge < -0.3 is 10.1 Å². The summed E-state index contributed by atoms with van der Waals surface area (Å²) in [5.74, 6) is 2.16. The third kappa shape index (κ3) is 3.23. The molecule has 0 aliphatic carbocycles. The average molecular weight is 382 g/mol. The minimum absolute atomic E-state index is 0.630. The van der Waals surface area contributed by atoms with Gasteiger partial charge in [0, 0.05) is 9.90 Å². The monoisotopic (exact) mass is 381 g/mol. The van der Waals surface area contributed by atoms with Crippen LogP contribution in [0.2, 0.25) is 5.02 Å². The highest BCUT2D eigenvalue weighted by molar-refractivity contribution is 7.21. The Kier molecular flexibility index (Phi) is 4.49. The van der Waals surface area contributed by atoms with Crippen molar-refractivity contribution in [2.45, 2.75) is 6.92 Å². The maximum Gasteiger partial charge on any atom is 0.143 e. The van der Waals surface area contributed by atoms with Crippen LogP contribution in [0.3, 0.4) is 0 Å². The predicted octanol–water partition coefficient (Wildman–Crippen LogP) is 6.07. The molecular formula is C20H16ClN3OS. The molecule has 4 rings (SSSR count). The Bertz CT molecular complexity index is 1080. The van der Waals surface area contributed by atoms with Gasteiger partial charge in [-0.25, -0.2) is 9.97 Å². The number of aryl methyl sites for hydroxylation is 1. The van der Waals surface area contributed by atoms with Crippen LogP contribution in [0.1, 0.15) is 5.82 Å². The first-order valence-corrected chi connectivity index (χ1v) is 9.27. The molecule has 26 heavy (non-hydrogen) atoms. The quantitative estimate of drug-likeness (QED) is 0.466. The molecule has 130 valence electrons. The van der Waals surface area contributed by atoms with Crippen LogP contribution in [0.15, 0.2) is 54.6 Å². The number of anilines is 2. The summed E-state index contributed by atoms with van der Waals surface area (Å²) in [6, 6.07) is 17.8. The Hall–Kier alpha value is -2.63. The van der Waals surface area contributed by atoms with Gasteiger partial charge in [-0.15, -0.1) is 11.3 Å². The SMILES string of the molecule is COc1ccc(Cl)cc1Nc1nc(C)nc2sc(-c3ccccc3)cc12. The third-order valence-electron chi connectivity index (χ3n) is 3.98. The second-order valence-corrected chi connectivity index (χ2v) is 7.25. The van der Waals surface area contributed by atoms with Crippen molar-refractivity contribution < 1.29 is 4.74 Å². The molecule has 2 aromatic heterocycles. The fourth-order valence-electron chi connectivity index (χ4n) is 2.77. The van der Waals surface area contributed by atoms with E-state index in [1.165, 1.54) is 5.56 Å². The van der Waals surface area contributed by atoms with Crippen molar-refractivity contribution in [2.75, 3.05) is 12.4 Å². The van der Waals surface area contributed by atoms with E-state index in [2.05, 4.69) is 33.5 Å². The summed E-state index contributed by atoms with van der Waals surface area (Å²) in [5.41, 5.74) is 1.94. The summed E-state index contributed by atoms with van der Waals surface area (Å²) in [6.07, 6.45) is 0. The number of ether oxygens (including phenoxy) is 1. The first kappa shape index (κ1) is 16.8. The van der Waals surface area contributed by atoms with E-state index in [9.17, 15) is 0 Å². The van der Waals surface area contributed by atoms with E-state index in [4.69, 9.17) is 16.3 Å². The number of hydrogen-bond acceptors (Lipinski definition) is 5. The molecule has 0 amide bonds. The Morgan fingerprint density at radius 2 is 1.85 bits per heavy atom. The van der Waals surface area contributed by atoms with Crippen LogP contribution >= 0.6 is 22.9 Å². The molecule has 2 aromatic carbocycles. The minimum atomic E-state index is 0.630. The number of nitrogens with zero attached hydrogens (tertiary/aromatic N) is 2. The van der Waals surface area contributed by atoms with Crippen LogP contribution in [-0.4, -0.2) is 17.1 Å². The number of hydrogen-bond donors (Lipinski definition) is 1. The van der Waals surface area contributed by atoms with Gasteiger partial charge in [-0.05, 0) is 36.8 Å². The molecule has 0 saturated heterocycles. The Labute approximate surface area is 160 Å². The topological polar surface area (TPSA) is 47.0 Å². The number of thiophene rings is 1. The van der Waals surface area contributed by atoms with Crippen LogP contribution in [-0.2, 0) is 0 Å². The summed E-state index contributed by atoms with van der Waals surface area (Å²) in [6.45, 7) is 1.89. The summed E-state index contributed by atoms with van der Waals surface area (Å²) in [5, 5.41) is 4.96. The fourth-order valence-corrected chi connectivity index (χ4v) is 4.03. The molecule has 0 saturated carbocycles. The van der Waals surface area contributed by atoms with Crippen molar-refractivity contribution in [1.82, 2.24) is 9.97 Å². The number of methoxy groups -OCH3 is 1. The smallest absolute Gasteiger partial charge is 0.143 e. The van der Waals surface area contributed by atoms with E-state index in [0.717, 1.165) is 26.6 Å². The van der Waals surface area contributed by atoms with Gasteiger partial charge in [-0.1, -0.05) is 41.9 Å². The summed E-state index contributed by atoms with van der Waals surface area (Å²) < 4.78 is 5.43. The van der Waals surface area contributed by atoms with Crippen molar-refractivity contribution in [3.63, 3.8) is 0 Å². The lowest BCUT2D eigenvalue weighted by Gasteiger charge is -2.12. The summed E-state index contributed by atoms with van der Waals surface area (Å²) in [7, 11) is 1.63. The summed E-state index contributed by atoms with van der Waals surface area (Å²) >= 11 is 7.80. The van der Waals surface area contributed by atoms with Crippen LogP contribution in [0.25, 0.3) is 20.7 Å². The first-order chi connectivity index (χ1) is 12.6. The molecule has 1 N–H and O–H groups in total. The molecule has 6 heteroatoms. The Morgan fingerprint density at radius 3 is 2.62 bits per heavy atom. The standard InChI is InChI=1S/C20H16ClN3OS/c1-12-22-19(24-16-10-14(21)8-9-17(16)25-2)15-11-18(26-20(15)23-12)13-6-4-3-5-7-13/h3-11H,1-2H3,(H,22,23,24). The van der Waals surface area contributed by atoms with Crippen LogP contribution in [0.5, 0.6) is 5.75 Å². The van der Waals surface area contributed by atoms with Crippen molar-refractivity contribution in [3.8, 4) is 16.2 Å². The molecule has 0 bridgehead atoms. The summed E-state index contributed by atoms with van der Waals surface area (Å²) in [4.78, 5) is 11.3. The number of fused-ring (bicyclic) bond motifs is 1. The van der Waals surface area contributed by atoms with Crippen molar-refractivity contribution in [3.05, 3.63) is 65.4 Å². The molecule has 0 radical (unpaired) electrons. The van der Waals surface area contributed by atoms with Gasteiger partial charge in [-0.3, -0.25) is 0 Å². The minimum Gasteiger partial charge on any atom is -0.495 e. The molecule has 2 heterocycles. The fraction of sp³-hybridized carbons (Fsp3) is 0.100. The van der Waals surface area contributed by atoms with Gasteiger partial charge in [-0.2, -0.15) is 0 Å². The van der Waals surface area contributed by atoms with E-state index in [-0.39, 0.29) is 0 Å². The number of nitrogens with one attached hydrogen (secondary N) is 1. The Morgan fingerprint density at radius 1 is 1.04 bits per heavy atom. The predicted molar refractivity (Wildman–Crippen MR) is 109 cm³/mol. The van der Waals surface area contributed by atoms with E-state index in [0.29, 0.717) is 16.6 Å². The zero-order valence-electron chi connectivity index (χ0n) is 14.3. The maximum absolute atomic E-state index is 6.15. The van der Waals surface area contributed by atoms with Crippen LogP contribution in [0, 0.1) is 6.92 Å². The number of benzene rings is 2. The number of halogens is 1. The highest BCUT2D eigenvalue weighted by atomic mass is 35.5. The highest BCUT2D eigenvalue weighted by Crippen LogP contribution is 2.37. The van der Waals surface area contributed by atoms with Crippen molar-refractivity contribution in [1.29, 1.82) is 0 Å². The van der Waals surface area contributed by atoms with Crippen molar-refractivity contribution >= 4 is 44.7 Å². The lowest BCUT2D eigenvalue weighted by molar-refractivity contribution is 0.417. The molecule has 0 atom stereocenters. The van der Waals surface area contributed by atoms with E-state index in [1.54, 1.807) is 24.5 Å². The molecule has 4 nitrogen and oxygen atoms in total. The number of aromatic nitrogens is 2. The van der Waals surface area contributed by atoms with Crippen LogP contribution < -0.4 is 10.1 Å². The van der Waals surface area contributed by atoms with Gasteiger partial charge in [0.15, 0.2) is 0 Å². The maximum atomic E-state index is 6.15. The molecular weight excluding hydrogens is 366 g/mol. The molecule has 0 spiro atoms. The van der Waals surface area contributed by atoms with Gasteiger partial charge in [0.25, 0.3) is 0 Å².